The molecule has 25 heavy (non-hydrogen) atoms. The number of hydrogen-bond acceptors (Lipinski definition) is 4. The average Bonchev–Trinajstić information content (AvgIpc) is 3.28. The van der Waals surface area contributed by atoms with Gasteiger partial charge >= 0.3 is 0 Å². The van der Waals surface area contributed by atoms with Crippen molar-refractivity contribution in [3.05, 3.63) is 58.0 Å². The third kappa shape index (κ3) is 5.92. The predicted octanol–water partition coefficient (Wildman–Crippen LogP) is 3.18. The Kier molecular flexibility index (Phi) is 6.55. The van der Waals surface area contributed by atoms with E-state index in [1.165, 1.54) is 17.0 Å². The number of ether oxygens (including phenoxy) is 1. The minimum absolute atomic E-state index is 0.0288. The van der Waals surface area contributed by atoms with E-state index in [4.69, 9.17) is 4.74 Å². The van der Waals surface area contributed by atoms with Crippen LogP contribution in [0.15, 0.2) is 41.8 Å². The highest BCUT2D eigenvalue weighted by Crippen LogP contribution is 2.17. The molecule has 0 radical (unpaired) electrons. The standard InChI is InChI=1S/C19H23FN2O2S/c20-16-7-5-15(6-8-16)11-21-19(23)14-22(12-17-3-1-9-24-17)13-18-4-2-10-25-18/h2,4-8,10,17H,1,3,9,11-14H2,(H,21,23)/t17-/m1/s1. The zero-order valence-electron chi connectivity index (χ0n) is 14.1. The van der Waals surface area contributed by atoms with Crippen molar-refractivity contribution in [3.8, 4) is 0 Å². The average molecular weight is 362 g/mol. The van der Waals surface area contributed by atoms with Crippen LogP contribution in [-0.2, 0) is 22.6 Å². The van der Waals surface area contributed by atoms with Gasteiger partial charge in [-0.15, -0.1) is 11.3 Å². The summed E-state index contributed by atoms with van der Waals surface area (Å²) in [5.41, 5.74) is 0.888. The molecule has 1 aromatic heterocycles. The molecule has 1 fully saturated rings. The van der Waals surface area contributed by atoms with Crippen LogP contribution in [0.5, 0.6) is 0 Å². The molecule has 1 atom stereocenters. The smallest absolute Gasteiger partial charge is 0.234 e. The van der Waals surface area contributed by atoms with E-state index < -0.39 is 0 Å². The van der Waals surface area contributed by atoms with E-state index in [1.807, 2.05) is 11.4 Å². The van der Waals surface area contributed by atoms with E-state index in [1.54, 1.807) is 23.5 Å². The molecule has 0 aliphatic carbocycles. The molecule has 1 saturated heterocycles. The number of nitrogens with zero attached hydrogens (tertiary/aromatic N) is 1. The van der Waals surface area contributed by atoms with Crippen molar-refractivity contribution >= 4 is 17.2 Å². The molecule has 1 aliphatic heterocycles. The number of rotatable bonds is 8. The van der Waals surface area contributed by atoms with Crippen molar-refractivity contribution in [3.63, 3.8) is 0 Å². The van der Waals surface area contributed by atoms with E-state index in [9.17, 15) is 9.18 Å². The van der Waals surface area contributed by atoms with Gasteiger partial charge in [-0.3, -0.25) is 9.69 Å². The number of thiophene rings is 1. The van der Waals surface area contributed by atoms with E-state index in [0.717, 1.165) is 38.1 Å². The highest BCUT2D eigenvalue weighted by Gasteiger charge is 2.21. The molecule has 1 aliphatic rings. The van der Waals surface area contributed by atoms with E-state index in [2.05, 4.69) is 16.3 Å². The number of amides is 1. The van der Waals surface area contributed by atoms with Gasteiger partial charge in [0.15, 0.2) is 0 Å². The van der Waals surface area contributed by atoms with E-state index in [-0.39, 0.29) is 17.8 Å². The SMILES string of the molecule is O=C(CN(Cc1cccs1)C[C@H]1CCCO1)NCc1ccc(F)cc1. The maximum Gasteiger partial charge on any atom is 0.234 e. The largest absolute Gasteiger partial charge is 0.377 e. The molecule has 4 nitrogen and oxygen atoms in total. The van der Waals surface area contributed by atoms with Crippen LogP contribution in [0.25, 0.3) is 0 Å². The number of nitrogens with one attached hydrogen (secondary N) is 1. The summed E-state index contributed by atoms with van der Waals surface area (Å²) in [4.78, 5) is 15.7. The zero-order chi connectivity index (χ0) is 17.5. The molecule has 1 amide bonds. The minimum Gasteiger partial charge on any atom is -0.377 e. The summed E-state index contributed by atoms with van der Waals surface area (Å²) in [5.74, 6) is -0.298. The van der Waals surface area contributed by atoms with Crippen molar-refractivity contribution in [2.45, 2.75) is 32.0 Å². The molecule has 0 saturated carbocycles. The summed E-state index contributed by atoms with van der Waals surface area (Å²) < 4.78 is 18.6. The Bertz CT molecular complexity index is 655. The molecule has 6 heteroatoms. The molecular formula is C19H23FN2O2S. The van der Waals surface area contributed by atoms with Gasteiger partial charge in [0.1, 0.15) is 5.82 Å². The summed E-state index contributed by atoms with van der Waals surface area (Å²) in [6.45, 7) is 3.07. The Morgan fingerprint density at radius 1 is 1.32 bits per heavy atom. The van der Waals surface area contributed by atoms with Crippen molar-refractivity contribution in [2.75, 3.05) is 19.7 Å². The van der Waals surface area contributed by atoms with Crippen LogP contribution in [-0.4, -0.2) is 36.6 Å². The van der Waals surface area contributed by atoms with Gasteiger partial charge in [0, 0.05) is 31.1 Å². The van der Waals surface area contributed by atoms with Gasteiger partial charge in [0.05, 0.1) is 12.6 Å². The Morgan fingerprint density at radius 3 is 2.84 bits per heavy atom. The summed E-state index contributed by atoms with van der Waals surface area (Å²) in [7, 11) is 0. The molecule has 3 rings (SSSR count). The fourth-order valence-electron chi connectivity index (χ4n) is 2.95. The second-order valence-electron chi connectivity index (χ2n) is 6.29. The van der Waals surface area contributed by atoms with Crippen LogP contribution >= 0.6 is 11.3 Å². The number of halogens is 1. The number of benzene rings is 1. The number of hydrogen-bond donors (Lipinski definition) is 1. The highest BCUT2D eigenvalue weighted by molar-refractivity contribution is 7.09. The van der Waals surface area contributed by atoms with Crippen LogP contribution in [0.1, 0.15) is 23.3 Å². The van der Waals surface area contributed by atoms with Gasteiger partial charge < -0.3 is 10.1 Å². The summed E-state index contributed by atoms with van der Waals surface area (Å²) in [6, 6.07) is 10.3. The maximum absolute atomic E-state index is 12.9. The van der Waals surface area contributed by atoms with Crippen molar-refractivity contribution in [1.29, 1.82) is 0 Å². The summed E-state index contributed by atoms with van der Waals surface area (Å²) >= 11 is 1.70. The Labute approximate surface area is 151 Å². The van der Waals surface area contributed by atoms with Crippen molar-refractivity contribution < 1.29 is 13.9 Å². The van der Waals surface area contributed by atoms with Gasteiger partial charge in [-0.05, 0) is 42.0 Å². The monoisotopic (exact) mass is 362 g/mol. The molecule has 134 valence electrons. The minimum atomic E-state index is -0.270. The number of carbonyl (C=O) groups excluding carboxylic acids is 1. The lowest BCUT2D eigenvalue weighted by molar-refractivity contribution is -0.122. The third-order valence-electron chi connectivity index (χ3n) is 4.22. The molecule has 0 spiro atoms. The van der Waals surface area contributed by atoms with E-state index >= 15 is 0 Å². The Balaban J connectivity index is 1.52. The summed E-state index contributed by atoms with van der Waals surface area (Å²) in [5, 5.41) is 4.96. The van der Waals surface area contributed by atoms with Gasteiger partial charge in [0.25, 0.3) is 0 Å². The molecule has 1 aromatic carbocycles. The second-order valence-corrected chi connectivity index (χ2v) is 7.32. The first kappa shape index (κ1) is 18.0. The lowest BCUT2D eigenvalue weighted by Gasteiger charge is -2.24. The summed E-state index contributed by atoms with van der Waals surface area (Å²) in [6.07, 6.45) is 2.36. The van der Waals surface area contributed by atoms with Crippen LogP contribution in [0.3, 0.4) is 0 Å². The molecule has 0 bridgehead atoms. The predicted molar refractivity (Wildman–Crippen MR) is 96.8 cm³/mol. The van der Waals surface area contributed by atoms with Crippen LogP contribution in [0.2, 0.25) is 0 Å². The third-order valence-corrected chi connectivity index (χ3v) is 5.08. The topological polar surface area (TPSA) is 41.6 Å². The van der Waals surface area contributed by atoms with Gasteiger partial charge in [-0.1, -0.05) is 18.2 Å². The van der Waals surface area contributed by atoms with Crippen molar-refractivity contribution in [2.24, 2.45) is 0 Å². The number of carbonyl (C=O) groups is 1. The second kappa shape index (κ2) is 9.08. The normalized spacial score (nSPS) is 17.1. The molecule has 1 N–H and O–H groups in total. The Hall–Kier alpha value is -1.76. The van der Waals surface area contributed by atoms with Gasteiger partial charge in [-0.2, -0.15) is 0 Å². The first-order chi connectivity index (χ1) is 12.2. The zero-order valence-corrected chi connectivity index (χ0v) is 14.9. The van der Waals surface area contributed by atoms with E-state index in [0.29, 0.717) is 13.1 Å². The van der Waals surface area contributed by atoms with Crippen LogP contribution in [0.4, 0.5) is 4.39 Å². The quantitative estimate of drug-likeness (QED) is 0.784. The molecule has 2 heterocycles. The molecular weight excluding hydrogens is 339 g/mol. The fraction of sp³-hybridized carbons (Fsp3) is 0.421. The lowest BCUT2D eigenvalue weighted by atomic mass is 10.2. The maximum atomic E-state index is 12.9. The first-order valence-corrected chi connectivity index (χ1v) is 9.44. The first-order valence-electron chi connectivity index (χ1n) is 8.56. The fourth-order valence-corrected chi connectivity index (χ4v) is 3.69. The van der Waals surface area contributed by atoms with Gasteiger partial charge in [-0.25, -0.2) is 4.39 Å². The molecule has 2 aromatic rings. The highest BCUT2D eigenvalue weighted by atomic mass is 32.1. The Morgan fingerprint density at radius 2 is 2.16 bits per heavy atom. The molecule has 0 unspecified atom stereocenters. The van der Waals surface area contributed by atoms with Crippen LogP contribution < -0.4 is 5.32 Å². The van der Waals surface area contributed by atoms with Crippen molar-refractivity contribution in [1.82, 2.24) is 10.2 Å². The van der Waals surface area contributed by atoms with Gasteiger partial charge in [0.2, 0.25) is 5.91 Å². The lowest BCUT2D eigenvalue weighted by Crippen LogP contribution is -2.40. The van der Waals surface area contributed by atoms with Crippen LogP contribution in [0, 0.1) is 5.82 Å².